The van der Waals surface area contributed by atoms with Crippen LogP contribution in [-0.2, 0) is 41.6 Å². The molecular formula is C41H48F2NO8+. The van der Waals surface area contributed by atoms with Gasteiger partial charge < -0.3 is 28.9 Å². The first-order chi connectivity index (χ1) is 24.4. The lowest BCUT2D eigenvalue weighted by Gasteiger charge is -2.63. The van der Waals surface area contributed by atoms with Crippen LogP contribution < -0.4 is 0 Å². The number of aliphatic hydroxyl groups excluding tert-OH is 2. The Morgan fingerprint density at radius 1 is 1.02 bits per heavy atom. The summed E-state index contributed by atoms with van der Waals surface area (Å²) in [6, 6.07) is 15.3. The van der Waals surface area contributed by atoms with Crippen LogP contribution in [0.1, 0.15) is 61.7 Å². The van der Waals surface area contributed by atoms with Crippen LogP contribution in [0.4, 0.5) is 8.78 Å². The fraction of sp³-hybridized carbons (Fsp3) is 0.537. The van der Waals surface area contributed by atoms with E-state index < -0.39 is 82.7 Å². The first-order valence-electron chi connectivity index (χ1n) is 18.0. The van der Waals surface area contributed by atoms with E-state index in [2.05, 4.69) is 0 Å². The number of likely N-dealkylation sites (N-methyl/N-ethyl adjacent to an activating group) is 1. The Balaban J connectivity index is 1.24. The Labute approximate surface area is 302 Å². The molecule has 1 aliphatic heterocycles. The van der Waals surface area contributed by atoms with Crippen molar-refractivity contribution in [3.8, 4) is 0 Å². The largest absolute Gasteiger partial charge is 0.453 e. The lowest BCUT2D eigenvalue weighted by atomic mass is 9.44. The molecule has 0 bridgehead atoms. The number of ether oxygens (including phenoxy) is 3. The number of fused-ring (bicyclic) bond motifs is 7. The van der Waals surface area contributed by atoms with E-state index in [4.69, 9.17) is 14.2 Å². The van der Waals surface area contributed by atoms with Crippen molar-refractivity contribution < 1.29 is 52.1 Å². The van der Waals surface area contributed by atoms with Crippen LogP contribution in [0.15, 0.2) is 72.3 Å². The number of halogens is 2. The van der Waals surface area contributed by atoms with E-state index in [9.17, 15) is 24.6 Å². The maximum absolute atomic E-state index is 17.9. The smallest absolute Gasteiger partial charge is 0.362 e. The monoisotopic (exact) mass is 720 g/mol. The van der Waals surface area contributed by atoms with E-state index in [1.165, 1.54) is 19.1 Å². The highest BCUT2D eigenvalue weighted by atomic mass is 19.1. The van der Waals surface area contributed by atoms with Crippen molar-refractivity contribution in [1.29, 1.82) is 0 Å². The third-order valence-electron chi connectivity index (χ3n) is 12.6. The number of carbonyl (C=O) groups is 3. The Hall–Kier alpha value is -3.61. The standard InChI is InChI=1S/C41H48F2NO8/c1-38-14-13-28(46)17-31(38)32(42)18-30-29-19-35-41(39(29,2)20-33(47)40(30,38)43,34(48)23-50-36(49)21-44(3,4)5)52-37(51-35)27-8-6-7-26(16-27)15-24-9-11-25(22-45)12-10-24/h6-14,16-17,29-30,32-33,35,37,45,47H,15,18-23H2,1-5H3/q+1/t29-,30-,32-,33-,35+,37+,38-,39-,40-,41+/m0/s1. The van der Waals surface area contributed by atoms with E-state index in [1.807, 2.05) is 69.7 Å². The van der Waals surface area contributed by atoms with Gasteiger partial charge in [-0.15, -0.1) is 0 Å². The van der Waals surface area contributed by atoms with Gasteiger partial charge in [0.2, 0.25) is 5.78 Å². The summed E-state index contributed by atoms with van der Waals surface area (Å²) < 4.78 is 53.2. The molecule has 52 heavy (non-hydrogen) atoms. The van der Waals surface area contributed by atoms with Gasteiger partial charge in [-0.05, 0) is 72.9 Å². The van der Waals surface area contributed by atoms with Crippen molar-refractivity contribution in [2.45, 2.75) is 82.1 Å². The van der Waals surface area contributed by atoms with Gasteiger partial charge >= 0.3 is 5.97 Å². The van der Waals surface area contributed by atoms with Crippen LogP contribution in [0.2, 0.25) is 0 Å². The fourth-order valence-corrected chi connectivity index (χ4v) is 10.1. The molecule has 4 fully saturated rings. The van der Waals surface area contributed by atoms with Gasteiger partial charge in [0.15, 0.2) is 36.5 Å². The molecule has 0 spiro atoms. The van der Waals surface area contributed by atoms with Gasteiger partial charge in [-0.25, -0.2) is 13.6 Å². The quantitative estimate of drug-likeness (QED) is 0.284. The minimum Gasteiger partial charge on any atom is -0.453 e. The molecule has 0 amide bonds. The average molecular weight is 721 g/mol. The average Bonchev–Trinajstić information content (AvgIpc) is 3.59. The minimum absolute atomic E-state index is 0.0198. The molecule has 1 heterocycles. The van der Waals surface area contributed by atoms with E-state index in [-0.39, 0.29) is 42.5 Å². The number of quaternary nitrogens is 1. The number of hydrogen-bond acceptors (Lipinski definition) is 8. The highest BCUT2D eigenvalue weighted by Gasteiger charge is 2.80. The van der Waals surface area contributed by atoms with Crippen molar-refractivity contribution >= 4 is 17.5 Å². The van der Waals surface area contributed by atoms with Crippen molar-refractivity contribution in [3.05, 3.63) is 94.6 Å². The molecule has 7 rings (SSSR count). The summed E-state index contributed by atoms with van der Waals surface area (Å²) >= 11 is 0. The normalized spacial score (nSPS) is 37.8. The second-order valence-electron chi connectivity index (χ2n) is 16.8. The summed E-state index contributed by atoms with van der Waals surface area (Å²) in [6.45, 7) is 2.68. The zero-order valence-electron chi connectivity index (χ0n) is 30.3. The van der Waals surface area contributed by atoms with Crippen LogP contribution in [-0.4, -0.2) is 96.2 Å². The van der Waals surface area contributed by atoms with Crippen LogP contribution in [0, 0.1) is 22.7 Å². The third kappa shape index (κ3) is 5.62. The third-order valence-corrected chi connectivity index (χ3v) is 12.6. The summed E-state index contributed by atoms with van der Waals surface area (Å²) in [5.74, 6) is -3.26. The molecule has 5 aliphatic rings. The second kappa shape index (κ2) is 12.8. The maximum atomic E-state index is 17.9. The highest BCUT2D eigenvalue weighted by Crippen LogP contribution is 2.72. The summed E-state index contributed by atoms with van der Waals surface area (Å²) in [5.41, 5.74) is -3.44. The number of carbonyl (C=O) groups excluding carboxylic acids is 3. The Kier molecular flexibility index (Phi) is 9.02. The number of allylic oxidation sites excluding steroid dienone is 4. The molecular weight excluding hydrogens is 672 g/mol. The highest BCUT2D eigenvalue weighted by molar-refractivity contribution is 6.01. The van der Waals surface area contributed by atoms with Crippen LogP contribution in [0.25, 0.3) is 0 Å². The number of alkyl halides is 2. The van der Waals surface area contributed by atoms with Gasteiger partial charge in [0.25, 0.3) is 0 Å². The number of benzene rings is 2. The second-order valence-corrected chi connectivity index (χ2v) is 16.8. The SMILES string of the molecule is C[C@]12C=CC(=O)C=C1[C@@H](F)C[C@H]1[C@@H]3C[C@H]4O[C@@H](c5cccc(Cc6ccc(CO)cc6)c5)O[C@@]4(C(=O)COC(=O)C[N+](C)(C)C)[C@@]3(C)C[C@H](O)[C@@]12F. The Bertz CT molecular complexity index is 1840. The number of ketones is 2. The molecule has 0 unspecified atom stereocenters. The van der Waals surface area contributed by atoms with E-state index in [1.54, 1.807) is 6.92 Å². The van der Waals surface area contributed by atoms with E-state index >= 15 is 8.78 Å². The molecule has 9 nitrogen and oxygen atoms in total. The molecule has 2 aromatic carbocycles. The number of Topliss-reactive ketones (excluding diaryl/α,β-unsaturated/α-hetero) is 1. The zero-order chi connectivity index (χ0) is 37.4. The molecule has 2 N–H and O–H groups in total. The van der Waals surface area contributed by atoms with Gasteiger partial charge in [0.1, 0.15) is 6.17 Å². The van der Waals surface area contributed by atoms with Gasteiger partial charge in [0.05, 0.1) is 40.0 Å². The number of aliphatic hydroxyl groups is 2. The Morgan fingerprint density at radius 3 is 2.42 bits per heavy atom. The van der Waals surface area contributed by atoms with Gasteiger partial charge in [-0.2, -0.15) is 0 Å². The van der Waals surface area contributed by atoms with Crippen molar-refractivity contribution in [1.82, 2.24) is 0 Å². The number of esters is 1. The maximum Gasteiger partial charge on any atom is 0.362 e. The molecule has 4 aliphatic carbocycles. The van der Waals surface area contributed by atoms with Crippen LogP contribution in [0.5, 0.6) is 0 Å². The Morgan fingerprint density at radius 2 is 1.73 bits per heavy atom. The first kappa shape index (κ1) is 36.7. The van der Waals surface area contributed by atoms with Crippen LogP contribution >= 0.6 is 0 Å². The van der Waals surface area contributed by atoms with Crippen molar-refractivity contribution in [2.24, 2.45) is 22.7 Å². The molecule has 278 valence electrons. The summed E-state index contributed by atoms with van der Waals surface area (Å²) in [4.78, 5) is 39.7. The lowest BCUT2D eigenvalue weighted by molar-refractivity contribution is -0.862. The topological polar surface area (TPSA) is 119 Å². The molecule has 0 radical (unpaired) electrons. The molecule has 0 aromatic heterocycles. The summed E-state index contributed by atoms with van der Waals surface area (Å²) in [6.07, 6.45) is -1.18. The fourth-order valence-electron chi connectivity index (χ4n) is 10.1. The summed E-state index contributed by atoms with van der Waals surface area (Å²) in [5, 5.41) is 21.4. The first-order valence-corrected chi connectivity index (χ1v) is 18.0. The molecule has 2 aromatic rings. The molecule has 10 atom stereocenters. The van der Waals surface area contributed by atoms with Gasteiger partial charge in [-0.1, -0.05) is 61.5 Å². The predicted octanol–water partition coefficient (Wildman–Crippen LogP) is 4.67. The van der Waals surface area contributed by atoms with Crippen LogP contribution in [0.3, 0.4) is 0 Å². The summed E-state index contributed by atoms with van der Waals surface area (Å²) in [7, 11) is 5.47. The number of hydrogen-bond donors (Lipinski definition) is 2. The van der Waals surface area contributed by atoms with E-state index in [0.717, 1.165) is 22.8 Å². The number of nitrogens with zero attached hydrogens (tertiary/aromatic N) is 1. The van der Waals surface area contributed by atoms with Crippen molar-refractivity contribution in [3.63, 3.8) is 0 Å². The zero-order valence-corrected chi connectivity index (χ0v) is 30.3. The molecule has 1 saturated heterocycles. The predicted molar refractivity (Wildman–Crippen MR) is 186 cm³/mol. The van der Waals surface area contributed by atoms with Crippen molar-refractivity contribution in [2.75, 3.05) is 34.3 Å². The minimum atomic E-state index is -2.34. The van der Waals surface area contributed by atoms with Gasteiger partial charge in [-0.3, -0.25) is 9.59 Å². The lowest BCUT2D eigenvalue weighted by Crippen LogP contribution is -2.70. The molecule has 11 heteroatoms. The van der Waals surface area contributed by atoms with E-state index in [0.29, 0.717) is 12.0 Å². The molecule has 3 saturated carbocycles. The van der Waals surface area contributed by atoms with Gasteiger partial charge in [0, 0.05) is 22.3 Å². The number of rotatable bonds is 9.